The van der Waals surface area contributed by atoms with Crippen molar-refractivity contribution in [2.24, 2.45) is 0 Å². The number of nitriles is 1. The van der Waals surface area contributed by atoms with Crippen LogP contribution in [0.15, 0.2) is 39.9 Å². The Morgan fingerprint density at radius 1 is 0.973 bits per heavy atom. The first-order valence-corrected chi connectivity index (χ1v) is 13.3. The van der Waals surface area contributed by atoms with E-state index in [9.17, 15) is 14.7 Å². The van der Waals surface area contributed by atoms with Crippen molar-refractivity contribution in [3.63, 3.8) is 0 Å². The summed E-state index contributed by atoms with van der Waals surface area (Å²) in [6.45, 7) is 14.7. The summed E-state index contributed by atoms with van der Waals surface area (Å²) in [4.78, 5) is 30.2. The number of aliphatic hydroxyl groups excluding tert-OH is 1. The number of rotatable bonds is 10. The van der Waals surface area contributed by atoms with E-state index >= 15 is 0 Å². The number of ether oxygens (including phenoxy) is 1. The minimum Gasteiger partial charge on any atom is -0.485 e. The van der Waals surface area contributed by atoms with E-state index in [0.29, 0.717) is 62.7 Å². The molecule has 1 aliphatic rings. The van der Waals surface area contributed by atoms with Crippen LogP contribution in [0.1, 0.15) is 72.0 Å². The summed E-state index contributed by atoms with van der Waals surface area (Å²) >= 11 is 0. The van der Waals surface area contributed by atoms with Crippen LogP contribution in [-0.4, -0.2) is 63.6 Å². The van der Waals surface area contributed by atoms with Gasteiger partial charge in [0.1, 0.15) is 23.3 Å². The van der Waals surface area contributed by atoms with E-state index < -0.39 is 11.7 Å². The Hall–Kier alpha value is -3.09. The normalized spacial score (nSPS) is 15.7. The number of piperazine rings is 1. The molecule has 1 N–H and O–H groups in total. The van der Waals surface area contributed by atoms with Crippen LogP contribution in [0.25, 0.3) is 0 Å². The number of hydrogen-bond donors (Lipinski definition) is 1. The monoisotopic (exact) mass is 511 g/mol. The average Bonchev–Trinajstić information content (AvgIpc) is 2.87. The van der Waals surface area contributed by atoms with Crippen LogP contribution in [0, 0.1) is 11.3 Å². The number of anilines is 1. The van der Waals surface area contributed by atoms with Gasteiger partial charge in [0.15, 0.2) is 0 Å². The fourth-order valence-electron chi connectivity index (χ4n) is 5.10. The van der Waals surface area contributed by atoms with Crippen molar-refractivity contribution in [1.82, 2.24) is 14.0 Å². The number of aliphatic hydroxyl groups is 1. The summed E-state index contributed by atoms with van der Waals surface area (Å²) < 4.78 is 9.33. The van der Waals surface area contributed by atoms with Gasteiger partial charge in [-0.3, -0.25) is 18.8 Å². The second kappa shape index (κ2) is 12.0. The van der Waals surface area contributed by atoms with Gasteiger partial charge in [-0.05, 0) is 64.8 Å². The fraction of sp³-hybridized carbons (Fsp3) is 0.607. The second-order valence-corrected chi connectivity index (χ2v) is 10.4. The molecule has 1 saturated heterocycles. The van der Waals surface area contributed by atoms with E-state index in [2.05, 4.69) is 15.9 Å². The number of aromatic nitrogens is 2. The van der Waals surface area contributed by atoms with Gasteiger partial charge < -0.3 is 14.7 Å². The Balaban J connectivity index is 1.73. The predicted octanol–water partition coefficient (Wildman–Crippen LogP) is 3.16. The van der Waals surface area contributed by atoms with Crippen LogP contribution >= 0.6 is 0 Å². The minimum absolute atomic E-state index is 0.0814. The molecule has 1 aromatic carbocycles. The lowest BCUT2D eigenvalue weighted by atomic mass is 9.89. The molecule has 1 aliphatic heterocycles. The molecule has 0 aliphatic carbocycles. The molecular formula is C28H41N5O4. The summed E-state index contributed by atoms with van der Waals surface area (Å²) in [6.07, 6.45) is 0.558. The first kappa shape index (κ1) is 28.5. The van der Waals surface area contributed by atoms with Crippen LogP contribution in [0.3, 0.4) is 0 Å². The van der Waals surface area contributed by atoms with Crippen LogP contribution < -0.4 is 20.9 Å². The standard InChI is InChI=1S/C28H41N5O4/c1-7-28(8-2,37-23-11-9-22(18-29)10-12-23)24(34)19-30-13-15-31(16-14-30)25-17-26(35)33(21(5)6)27(36)32(25)20(3)4/h9-12,17,20-21,24,34H,7-8,13-16,19H2,1-6H3. The molecule has 2 aromatic rings. The molecule has 202 valence electrons. The molecule has 9 nitrogen and oxygen atoms in total. The number of benzene rings is 1. The van der Waals surface area contributed by atoms with Crippen molar-refractivity contribution in [3.05, 3.63) is 56.7 Å². The quantitative estimate of drug-likeness (QED) is 0.523. The van der Waals surface area contributed by atoms with Gasteiger partial charge in [-0.15, -0.1) is 0 Å². The molecule has 3 rings (SSSR count). The Morgan fingerprint density at radius 2 is 1.54 bits per heavy atom. The maximum Gasteiger partial charge on any atom is 0.333 e. The van der Waals surface area contributed by atoms with Crippen LogP contribution in [-0.2, 0) is 0 Å². The molecule has 0 spiro atoms. The molecule has 1 atom stereocenters. The minimum atomic E-state index is -0.745. The van der Waals surface area contributed by atoms with E-state index in [1.165, 1.54) is 4.57 Å². The Bertz CT molecular complexity index is 1200. The molecule has 0 amide bonds. The highest BCUT2D eigenvalue weighted by molar-refractivity contribution is 5.40. The molecule has 1 fully saturated rings. The molecule has 0 saturated carbocycles. The smallest absolute Gasteiger partial charge is 0.333 e. The zero-order chi connectivity index (χ0) is 27.3. The molecule has 37 heavy (non-hydrogen) atoms. The summed E-state index contributed by atoms with van der Waals surface area (Å²) in [6, 6.07) is 10.4. The van der Waals surface area contributed by atoms with Gasteiger partial charge in [0.25, 0.3) is 5.56 Å². The number of hydrogen-bond acceptors (Lipinski definition) is 7. The van der Waals surface area contributed by atoms with E-state index in [1.54, 1.807) is 34.9 Å². The van der Waals surface area contributed by atoms with Crippen molar-refractivity contribution < 1.29 is 9.84 Å². The van der Waals surface area contributed by atoms with E-state index in [-0.39, 0.29) is 23.3 Å². The van der Waals surface area contributed by atoms with E-state index in [0.717, 1.165) is 0 Å². The average molecular weight is 512 g/mol. The highest BCUT2D eigenvalue weighted by atomic mass is 16.5. The first-order valence-electron chi connectivity index (χ1n) is 13.3. The third-order valence-electron chi connectivity index (χ3n) is 7.42. The Labute approximate surface area is 219 Å². The summed E-state index contributed by atoms with van der Waals surface area (Å²) in [5, 5.41) is 20.4. The zero-order valence-electron chi connectivity index (χ0n) is 23.0. The molecule has 9 heteroatoms. The summed E-state index contributed by atoms with van der Waals surface area (Å²) in [7, 11) is 0. The van der Waals surface area contributed by atoms with Gasteiger partial charge in [-0.2, -0.15) is 5.26 Å². The molecule has 1 aromatic heterocycles. The Kier molecular flexibility index (Phi) is 9.21. The van der Waals surface area contributed by atoms with Gasteiger partial charge >= 0.3 is 5.69 Å². The maximum atomic E-state index is 13.1. The lowest BCUT2D eigenvalue weighted by molar-refractivity contribution is -0.0730. The molecular weight excluding hydrogens is 470 g/mol. The van der Waals surface area contributed by atoms with Gasteiger partial charge in [-0.25, -0.2) is 4.79 Å². The molecule has 0 bridgehead atoms. The largest absolute Gasteiger partial charge is 0.485 e. The van der Waals surface area contributed by atoms with Crippen LogP contribution in [0.4, 0.5) is 5.82 Å². The van der Waals surface area contributed by atoms with E-state index in [4.69, 9.17) is 10.00 Å². The molecule has 0 radical (unpaired) electrons. The van der Waals surface area contributed by atoms with Gasteiger partial charge in [-0.1, -0.05) is 13.8 Å². The van der Waals surface area contributed by atoms with Crippen molar-refractivity contribution in [2.45, 2.75) is 78.2 Å². The highest BCUT2D eigenvalue weighted by Gasteiger charge is 2.38. The third-order valence-corrected chi connectivity index (χ3v) is 7.42. The van der Waals surface area contributed by atoms with Crippen molar-refractivity contribution >= 4 is 5.82 Å². The Morgan fingerprint density at radius 3 is 2.03 bits per heavy atom. The van der Waals surface area contributed by atoms with Crippen molar-refractivity contribution in [2.75, 3.05) is 37.6 Å². The lowest BCUT2D eigenvalue weighted by Gasteiger charge is -2.42. The number of β-amino-alcohol motifs (C(OH)–C–C–N with tert-alkyl or cyclic N) is 1. The first-order chi connectivity index (χ1) is 17.6. The van der Waals surface area contributed by atoms with Crippen LogP contribution in [0.2, 0.25) is 0 Å². The molecule has 1 unspecified atom stereocenters. The van der Waals surface area contributed by atoms with Crippen LogP contribution in [0.5, 0.6) is 5.75 Å². The van der Waals surface area contributed by atoms with Gasteiger partial charge in [0, 0.05) is 50.9 Å². The second-order valence-electron chi connectivity index (χ2n) is 10.4. The topological polar surface area (TPSA) is 104 Å². The number of nitrogens with zero attached hydrogens (tertiary/aromatic N) is 5. The third kappa shape index (κ3) is 6.08. The fourth-order valence-corrected chi connectivity index (χ4v) is 5.10. The highest BCUT2D eigenvalue weighted by Crippen LogP contribution is 2.29. The van der Waals surface area contributed by atoms with Crippen molar-refractivity contribution in [3.8, 4) is 11.8 Å². The van der Waals surface area contributed by atoms with Gasteiger partial charge in [0.05, 0.1) is 11.6 Å². The van der Waals surface area contributed by atoms with Gasteiger partial charge in [0.2, 0.25) is 0 Å². The SMILES string of the molecule is CCC(CC)(Oc1ccc(C#N)cc1)C(O)CN1CCN(c2cc(=O)n(C(C)C)c(=O)n2C(C)C)CC1. The summed E-state index contributed by atoms with van der Waals surface area (Å²) in [5.74, 6) is 1.29. The zero-order valence-corrected chi connectivity index (χ0v) is 23.0. The summed E-state index contributed by atoms with van der Waals surface area (Å²) in [5.41, 5.74) is -0.736. The lowest BCUT2D eigenvalue weighted by Crippen LogP contribution is -2.56. The predicted molar refractivity (Wildman–Crippen MR) is 145 cm³/mol. The van der Waals surface area contributed by atoms with E-state index in [1.807, 2.05) is 41.5 Å². The molecule has 2 heterocycles. The van der Waals surface area contributed by atoms with Crippen molar-refractivity contribution in [1.29, 1.82) is 5.26 Å². The maximum absolute atomic E-state index is 13.1.